The number of benzene rings is 1. The molecule has 0 fully saturated rings. The third kappa shape index (κ3) is 4.06. The third-order valence-electron chi connectivity index (χ3n) is 3.26. The Morgan fingerprint density at radius 1 is 1.32 bits per heavy atom. The van der Waals surface area contributed by atoms with Crippen LogP contribution in [0.1, 0.15) is 36.3 Å². The number of amides is 1. The van der Waals surface area contributed by atoms with Crippen LogP contribution in [0.4, 0.5) is 11.4 Å². The highest BCUT2D eigenvalue weighted by Gasteiger charge is 2.10. The molecule has 0 aliphatic carbocycles. The summed E-state index contributed by atoms with van der Waals surface area (Å²) in [5.74, 6) is -0.191. The van der Waals surface area contributed by atoms with Crippen molar-refractivity contribution in [2.24, 2.45) is 0 Å². The molecular formula is C17H18N4O. The van der Waals surface area contributed by atoms with Crippen LogP contribution in [0, 0.1) is 11.3 Å². The number of nitrogens with zero attached hydrogens (tertiary/aromatic N) is 2. The molecule has 22 heavy (non-hydrogen) atoms. The second kappa shape index (κ2) is 7.23. The van der Waals surface area contributed by atoms with E-state index in [1.54, 1.807) is 36.5 Å². The van der Waals surface area contributed by atoms with E-state index in [0.29, 0.717) is 11.3 Å². The second-order valence-corrected chi connectivity index (χ2v) is 5.03. The number of hydrogen-bond donors (Lipinski definition) is 2. The Morgan fingerprint density at radius 2 is 2.09 bits per heavy atom. The first-order valence-corrected chi connectivity index (χ1v) is 7.16. The van der Waals surface area contributed by atoms with E-state index < -0.39 is 0 Å². The van der Waals surface area contributed by atoms with E-state index in [2.05, 4.69) is 21.7 Å². The van der Waals surface area contributed by atoms with Crippen molar-refractivity contribution in [3.63, 3.8) is 0 Å². The summed E-state index contributed by atoms with van der Waals surface area (Å²) in [6, 6.07) is 12.8. The first-order chi connectivity index (χ1) is 10.6. The molecule has 0 spiro atoms. The maximum atomic E-state index is 12.1. The molecule has 0 bridgehead atoms. The van der Waals surface area contributed by atoms with Crippen LogP contribution in [0.5, 0.6) is 0 Å². The van der Waals surface area contributed by atoms with Gasteiger partial charge in [0.25, 0.3) is 5.91 Å². The minimum atomic E-state index is -0.191. The summed E-state index contributed by atoms with van der Waals surface area (Å²) in [5, 5.41) is 15.0. The molecule has 5 nitrogen and oxygen atoms in total. The van der Waals surface area contributed by atoms with Gasteiger partial charge in [-0.2, -0.15) is 5.26 Å². The van der Waals surface area contributed by atoms with E-state index in [4.69, 9.17) is 5.26 Å². The highest BCUT2D eigenvalue weighted by molar-refractivity contribution is 5.93. The van der Waals surface area contributed by atoms with Gasteiger partial charge >= 0.3 is 0 Å². The molecule has 1 aromatic carbocycles. The molecule has 0 saturated carbocycles. The van der Waals surface area contributed by atoms with Gasteiger partial charge in [-0.1, -0.05) is 13.0 Å². The lowest BCUT2D eigenvalue weighted by Crippen LogP contribution is -2.32. The number of aromatic nitrogens is 1. The maximum absolute atomic E-state index is 12.1. The van der Waals surface area contributed by atoms with Gasteiger partial charge in [0, 0.05) is 23.6 Å². The predicted octanol–water partition coefficient (Wildman–Crippen LogP) is 3.23. The van der Waals surface area contributed by atoms with Gasteiger partial charge in [0.05, 0.1) is 11.6 Å². The molecule has 1 unspecified atom stereocenters. The monoisotopic (exact) mass is 294 g/mol. The topological polar surface area (TPSA) is 77.8 Å². The summed E-state index contributed by atoms with van der Waals surface area (Å²) in [7, 11) is 0. The molecule has 2 N–H and O–H groups in total. The SMILES string of the molecule is CCC(C)NC(=O)c1cc(Nc2cccc(C#N)c2)ccn1. The molecule has 2 aromatic rings. The first kappa shape index (κ1) is 15.5. The maximum Gasteiger partial charge on any atom is 0.270 e. The quantitative estimate of drug-likeness (QED) is 0.887. The number of carbonyl (C=O) groups is 1. The number of nitrogens with one attached hydrogen (secondary N) is 2. The summed E-state index contributed by atoms with van der Waals surface area (Å²) >= 11 is 0. The molecule has 5 heteroatoms. The van der Waals surface area contributed by atoms with Crippen LogP contribution in [-0.2, 0) is 0 Å². The Kier molecular flexibility index (Phi) is 5.10. The fourth-order valence-corrected chi connectivity index (χ4v) is 1.87. The summed E-state index contributed by atoms with van der Waals surface area (Å²) in [5.41, 5.74) is 2.48. The standard InChI is InChI=1S/C17H18N4O/c1-3-12(2)20-17(22)16-10-15(7-8-19-16)21-14-6-4-5-13(9-14)11-18/h4-10,12H,3H2,1-2H3,(H,19,21)(H,20,22). The third-order valence-corrected chi connectivity index (χ3v) is 3.26. The molecule has 1 atom stereocenters. The molecule has 1 amide bonds. The van der Waals surface area contributed by atoms with Crippen molar-refractivity contribution in [1.82, 2.24) is 10.3 Å². The average molecular weight is 294 g/mol. The molecule has 0 radical (unpaired) electrons. The number of nitriles is 1. The van der Waals surface area contributed by atoms with Crippen molar-refractivity contribution in [2.75, 3.05) is 5.32 Å². The van der Waals surface area contributed by atoms with Crippen molar-refractivity contribution in [3.05, 3.63) is 53.9 Å². The minimum absolute atomic E-state index is 0.109. The van der Waals surface area contributed by atoms with Gasteiger partial charge in [0.2, 0.25) is 0 Å². The lowest BCUT2D eigenvalue weighted by atomic mass is 10.2. The van der Waals surface area contributed by atoms with E-state index in [1.807, 2.05) is 19.9 Å². The summed E-state index contributed by atoms with van der Waals surface area (Å²) in [6.45, 7) is 3.96. The Bertz CT molecular complexity index is 706. The fraction of sp³-hybridized carbons (Fsp3) is 0.235. The highest BCUT2D eigenvalue weighted by Crippen LogP contribution is 2.17. The van der Waals surface area contributed by atoms with E-state index in [-0.39, 0.29) is 11.9 Å². The molecule has 0 saturated heterocycles. The van der Waals surface area contributed by atoms with Gasteiger partial charge in [-0.05, 0) is 43.7 Å². The smallest absolute Gasteiger partial charge is 0.270 e. The number of hydrogen-bond acceptors (Lipinski definition) is 4. The largest absolute Gasteiger partial charge is 0.355 e. The van der Waals surface area contributed by atoms with Gasteiger partial charge in [-0.3, -0.25) is 9.78 Å². The van der Waals surface area contributed by atoms with E-state index in [9.17, 15) is 4.79 Å². The Hall–Kier alpha value is -2.87. The van der Waals surface area contributed by atoms with Gasteiger partial charge in [0.15, 0.2) is 0 Å². The number of anilines is 2. The molecule has 112 valence electrons. The van der Waals surface area contributed by atoms with Crippen molar-refractivity contribution in [1.29, 1.82) is 5.26 Å². The fourth-order valence-electron chi connectivity index (χ4n) is 1.87. The molecular weight excluding hydrogens is 276 g/mol. The molecule has 2 rings (SSSR count). The number of pyridine rings is 1. The van der Waals surface area contributed by atoms with E-state index in [1.165, 1.54) is 0 Å². The lowest BCUT2D eigenvalue weighted by molar-refractivity contribution is 0.0934. The predicted molar refractivity (Wildman–Crippen MR) is 85.9 cm³/mol. The zero-order valence-electron chi connectivity index (χ0n) is 12.6. The average Bonchev–Trinajstić information content (AvgIpc) is 2.55. The van der Waals surface area contributed by atoms with Crippen LogP contribution in [0.25, 0.3) is 0 Å². The van der Waals surface area contributed by atoms with E-state index in [0.717, 1.165) is 17.8 Å². The van der Waals surface area contributed by atoms with Crippen LogP contribution in [-0.4, -0.2) is 16.9 Å². The number of rotatable bonds is 5. The molecule has 0 aliphatic rings. The molecule has 0 aliphatic heterocycles. The normalized spacial score (nSPS) is 11.3. The zero-order chi connectivity index (χ0) is 15.9. The second-order valence-electron chi connectivity index (χ2n) is 5.03. The Morgan fingerprint density at radius 3 is 2.82 bits per heavy atom. The first-order valence-electron chi connectivity index (χ1n) is 7.16. The van der Waals surface area contributed by atoms with Gasteiger partial charge in [0.1, 0.15) is 5.69 Å². The van der Waals surface area contributed by atoms with Crippen LogP contribution in [0.3, 0.4) is 0 Å². The van der Waals surface area contributed by atoms with Crippen molar-refractivity contribution < 1.29 is 4.79 Å². The Labute approximate surface area is 130 Å². The van der Waals surface area contributed by atoms with Crippen molar-refractivity contribution in [2.45, 2.75) is 26.3 Å². The number of carbonyl (C=O) groups excluding carboxylic acids is 1. The molecule has 1 aromatic heterocycles. The van der Waals surface area contributed by atoms with Gasteiger partial charge in [-0.15, -0.1) is 0 Å². The lowest BCUT2D eigenvalue weighted by Gasteiger charge is -2.12. The van der Waals surface area contributed by atoms with E-state index >= 15 is 0 Å². The zero-order valence-corrected chi connectivity index (χ0v) is 12.6. The summed E-state index contributed by atoms with van der Waals surface area (Å²) < 4.78 is 0. The van der Waals surface area contributed by atoms with Crippen LogP contribution < -0.4 is 10.6 Å². The summed E-state index contributed by atoms with van der Waals surface area (Å²) in [4.78, 5) is 16.2. The van der Waals surface area contributed by atoms with Crippen LogP contribution in [0.2, 0.25) is 0 Å². The van der Waals surface area contributed by atoms with Gasteiger partial charge < -0.3 is 10.6 Å². The minimum Gasteiger partial charge on any atom is -0.355 e. The van der Waals surface area contributed by atoms with Crippen LogP contribution in [0.15, 0.2) is 42.6 Å². The van der Waals surface area contributed by atoms with Crippen molar-refractivity contribution in [3.8, 4) is 6.07 Å². The Balaban J connectivity index is 2.14. The van der Waals surface area contributed by atoms with Crippen molar-refractivity contribution >= 4 is 17.3 Å². The molecule has 1 heterocycles. The van der Waals surface area contributed by atoms with Gasteiger partial charge in [-0.25, -0.2) is 0 Å². The summed E-state index contributed by atoms with van der Waals surface area (Å²) in [6.07, 6.45) is 2.45. The highest BCUT2D eigenvalue weighted by atomic mass is 16.1. The van der Waals surface area contributed by atoms with Crippen LogP contribution >= 0.6 is 0 Å².